The van der Waals surface area contributed by atoms with Crippen LogP contribution in [-0.4, -0.2) is 34.3 Å². The predicted octanol–water partition coefficient (Wildman–Crippen LogP) is 8.42. The van der Waals surface area contributed by atoms with Gasteiger partial charge in [-0.1, -0.05) is 38.8 Å². The summed E-state index contributed by atoms with van der Waals surface area (Å²) in [6.07, 6.45) is 19.0. The molecule has 258 valence electrons. The first kappa shape index (κ1) is 33.6. The Morgan fingerprint density at radius 1 is 0.617 bits per heavy atom. The van der Waals surface area contributed by atoms with E-state index in [1.165, 1.54) is 36.8 Å². The molecule has 13 atom stereocenters. The van der Waals surface area contributed by atoms with E-state index in [0.29, 0.717) is 41.0 Å². The van der Waals surface area contributed by atoms with Gasteiger partial charge >= 0.3 is 0 Å². The third kappa shape index (κ3) is 4.92. The SMILES string of the molecule is CC(=O)[C@H]1CC[C@H]2[C@@H]3CCC4=CC(=O)CC(O)[C@]4(C)[C@H]3CC[C@]12C.CC(=O)[C@H]1CC[C@H]2[C@@H]3CCC4=CC(=O)CC[C@]4(C)[C@H]3CC[C@]12C. The molecule has 0 aliphatic heterocycles. The van der Waals surface area contributed by atoms with Crippen LogP contribution in [-0.2, 0) is 19.2 Å². The van der Waals surface area contributed by atoms with E-state index in [0.717, 1.165) is 82.0 Å². The van der Waals surface area contributed by atoms with E-state index in [1.54, 1.807) is 13.8 Å². The Morgan fingerprint density at radius 3 is 1.70 bits per heavy atom. The molecule has 0 aromatic heterocycles. The summed E-state index contributed by atoms with van der Waals surface area (Å²) >= 11 is 0. The molecule has 0 spiro atoms. The van der Waals surface area contributed by atoms with Crippen molar-refractivity contribution in [3.05, 3.63) is 23.3 Å². The number of carbonyl (C=O) groups excluding carboxylic acids is 4. The zero-order chi connectivity index (χ0) is 33.7. The molecule has 0 bridgehead atoms. The normalized spacial score (nSPS) is 49.8. The molecule has 0 heterocycles. The molecule has 0 amide bonds. The van der Waals surface area contributed by atoms with E-state index >= 15 is 0 Å². The largest absolute Gasteiger partial charge is 0.392 e. The quantitative estimate of drug-likeness (QED) is 0.326. The van der Waals surface area contributed by atoms with E-state index in [9.17, 15) is 24.3 Å². The summed E-state index contributed by atoms with van der Waals surface area (Å²) < 4.78 is 0. The minimum Gasteiger partial charge on any atom is -0.392 e. The highest BCUT2D eigenvalue weighted by Gasteiger charge is 2.62. The van der Waals surface area contributed by atoms with Crippen molar-refractivity contribution in [2.45, 2.75) is 144 Å². The number of carbonyl (C=O) groups is 4. The van der Waals surface area contributed by atoms with Crippen LogP contribution in [0.4, 0.5) is 0 Å². The van der Waals surface area contributed by atoms with Gasteiger partial charge in [0.25, 0.3) is 0 Å². The number of fused-ring (bicyclic) bond motifs is 10. The van der Waals surface area contributed by atoms with Crippen molar-refractivity contribution in [3.63, 3.8) is 0 Å². The standard InChI is InChI=1S/C21H30O3.C21H30O2/c1-12(22)16-6-7-17-15-5-4-13-10-14(23)11-19(24)21(13,3)18(15)8-9-20(16,17)2;1-13(22)17-6-7-18-16-5-4-14-12-15(23)8-10-20(14,2)19(16)9-11-21(17,18)3/h10,15-19,24H,4-9,11H2,1-3H3;12,16-19H,4-11H2,1-3H3/t15-,16+,17-,18-,19?,20+,21-;16-,17+,18-,19-,20-,21+/m00/s1. The minimum atomic E-state index is -0.535. The summed E-state index contributed by atoms with van der Waals surface area (Å²) in [4.78, 5) is 48.1. The molecule has 6 saturated carbocycles. The van der Waals surface area contributed by atoms with Crippen LogP contribution in [0.3, 0.4) is 0 Å². The van der Waals surface area contributed by atoms with Crippen molar-refractivity contribution >= 4 is 23.1 Å². The lowest BCUT2D eigenvalue weighted by molar-refractivity contribution is -0.134. The lowest BCUT2D eigenvalue weighted by Crippen LogP contribution is -2.55. The molecule has 8 aliphatic carbocycles. The summed E-state index contributed by atoms with van der Waals surface area (Å²) in [6.45, 7) is 13.0. The van der Waals surface area contributed by atoms with Gasteiger partial charge in [0.2, 0.25) is 0 Å². The number of ketones is 4. The topological polar surface area (TPSA) is 88.5 Å². The van der Waals surface area contributed by atoms with Crippen molar-refractivity contribution in [1.82, 2.24) is 0 Å². The van der Waals surface area contributed by atoms with Crippen molar-refractivity contribution < 1.29 is 24.3 Å². The molecule has 6 fully saturated rings. The zero-order valence-electron chi connectivity index (χ0n) is 30.0. The summed E-state index contributed by atoms with van der Waals surface area (Å²) in [5.74, 6) is 5.64. The maximum atomic E-state index is 12.2. The van der Waals surface area contributed by atoms with Gasteiger partial charge in [0.1, 0.15) is 11.6 Å². The fourth-order valence-electron chi connectivity index (χ4n) is 14.5. The Kier molecular flexibility index (Phi) is 8.29. The monoisotopic (exact) mass is 644 g/mol. The molecule has 0 aromatic carbocycles. The van der Waals surface area contributed by atoms with Crippen molar-refractivity contribution in [3.8, 4) is 0 Å². The lowest BCUT2D eigenvalue weighted by atomic mass is 9.46. The van der Waals surface area contributed by atoms with Crippen LogP contribution >= 0.6 is 0 Å². The smallest absolute Gasteiger partial charge is 0.158 e. The van der Waals surface area contributed by atoms with Gasteiger partial charge < -0.3 is 5.11 Å². The Hall–Kier alpha value is -1.88. The third-order valence-electron chi connectivity index (χ3n) is 17.0. The molecule has 5 nitrogen and oxygen atoms in total. The van der Waals surface area contributed by atoms with Crippen LogP contribution < -0.4 is 0 Å². The molecule has 0 aromatic rings. The van der Waals surface area contributed by atoms with E-state index in [1.807, 2.05) is 12.2 Å². The van der Waals surface area contributed by atoms with Crippen molar-refractivity contribution in [2.75, 3.05) is 0 Å². The first-order valence-corrected chi connectivity index (χ1v) is 19.3. The third-order valence-corrected chi connectivity index (χ3v) is 17.0. The second-order valence-corrected chi connectivity index (χ2v) is 18.6. The van der Waals surface area contributed by atoms with E-state index in [4.69, 9.17) is 0 Å². The Labute approximate surface area is 283 Å². The zero-order valence-corrected chi connectivity index (χ0v) is 30.0. The van der Waals surface area contributed by atoms with Gasteiger partial charge in [0.15, 0.2) is 11.6 Å². The minimum absolute atomic E-state index is 0.0894. The van der Waals surface area contributed by atoms with Gasteiger partial charge in [-0.25, -0.2) is 0 Å². The number of rotatable bonds is 2. The van der Waals surface area contributed by atoms with Crippen molar-refractivity contribution in [1.29, 1.82) is 0 Å². The molecule has 1 unspecified atom stereocenters. The average Bonchev–Trinajstić information content (AvgIpc) is 3.56. The number of hydrogen-bond acceptors (Lipinski definition) is 5. The average molecular weight is 645 g/mol. The predicted molar refractivity (Wildman–Crippen MR) is 183 cm³/mol. The molecule has 5 heteroatoms. The molecule has 1 N–H and O–H groups in total. The Morgan fingerprint density at radius 2 is 1.13 bits per heavy atom. The van der Waals surface area contributed by atoms with E-state index in [-0.39, 0.29) is 39.8 Å². The van der Waals surface area contributed by atoms with Gasteiger partial charge in [-0.2, -0.15) is 0 Å². The number of Topliss-reactive ketones (excluding diaryl/α,β-unsaturated/α-hetero) is 2. The number of hydrogen-bond donors (Lipinski definition) is 1. The molecule has 0 saturated heterocycles. The van der Waals surface area contributed by atoms with Gasteiger partial charge in [0, 0.05) is 30.1 Å². The van der Waals surface area contributed by atoms with Crippen LogP contribution in [0.15, 0.2) is 23.3 Å². The maximum Gasteiger partial charge on any atom is 0.158 e. The van der Waals surface area contributed by atoms with Crippen molar-refractivity contribution in [2.24, 2.45) is 69.0 Å². The van der Waals surface area contributed by atoms with Gasteiger partial charge in [-0.15, -0.1) is 0 Å². The highest BCUT2D eigenvalue weighted by atomic mass is 16.3. The Bertz CT molecular complexity index is 1420. The first-order valence-electron chi connectivity index (χ1n) is 19.3. The molecule has 8 rings (SSSR count). The fourth-order valence-corrected chi connectivity index (χ4v) is 14.5. The summed E-state index contributed by atoms with van der Waals surface area (Å²) in [6, 6.07) is 0. The van der Waals surface area contributed by atoms with E-state index in [2.05, 4.69) is 27.7 Å². The molecular weight excluding hydrogens is 584 g/mol. The summed E-state index contributed by atoms with van der Waals surface area (Å²) in [5, 5.41) is 10.8. The van der Waals surface area contributed by atoms with Gasteiger partial charge in [-0.05, 0) is 161 Å². The first-order chi connectivity index (χ1) is 22.1. The summed E-state index contributed by atoms with van der Waals surface area (Å²) in [5.41, 5.74) is 3.06. The van der Waals surface area contributed by atoms with Crippen LogP contribution in [0.1, 0.15) is 138 Å². The van der Waals surface area contributed by atoms with E-state index < -0.39 is 6.10 Å². The molecule has 8 aliphatic rings. The van der Waals surface area contributed by atoms with Gasteiger partial charge in [0.05, 0.1) is 6.10 Å². The lowest BCUT2D eigenvalue weighted by Gasteiger charge is -2.59. The molecule has 47 heavy (non-hydrogen) atoms. The highest BCUT2D eigenvalue weighted by Crippen LogP contribution is 2.68. The second kappa shape index (κ2) is 11.6. The molecular formula is C42H60O5. The van der Waals surface area contributed by atoms with Gasteiger partial charge in [-0.3, -0.25) is 19.2 Å². The van der Waals surface area contributed by atoms with Crippen LogP contribution in [0.25, 0.3) is 0 Å². The highest BCUT2D eigenvalue weighted by molar-refractivity contribution is 5.92. The Balaban J connectivity index is 0.000000150. The maximum absolute atomic E-state index is 12.2. The molecule has 0 radical (unpaired) electrons. The van der Waals surface area contributed by atoms with Crippen LogP contribution in [0, 0.1) is 69.0 Å². The number of aliphatic hydroxyl groups is 1. The fraction of sp³-hybridized carbons (Fsp3) is 0.810. The second-order valence-electron chi connectivity index (χ2n) is 18.6. The number of allylic oxidation sites excluding steroid dienone is 1. The van der Waals surface area contributed by atoms with Crippen LogP contribution in [0.2, 0.25) is 0 Å². The summed E-state index contributed by atoms with van der Waals surface area (Å²) in [7, 11) is 0. The number of aliphatic hydroxyl groups excluding tert-OH is 1. The van der Waals surface area contributed by atoms with Crippen LogP contribution in [0.5, 0.6) is 0 Å².